The van der Waals surface area contributed by atoms with E-state index in [0.717, 1.165) is 18.7 Å². The summed E-state index contributed by atoms with van der Waals surface area (Å²) >= 11 is 1.69. The highest BCUT2D eigenvalue weighted by Gasteiger charge is 2.24. The van der Waals surface area contributed by atoms with E-state index < -0.39 is 6.23 Å². The average Bonchev–Trinajstić information content (AvgIpc) is 2.82. The van der Waals surface area contributed by atoms with Crippen molar-refractivity contribution in [1.82, 2.24) is 14.5 Å². The van der Waals surface area contributed by atoms with E-state index in [1.54, 1.807) is 29.2 Å². The van der Waals surface area contributed by atoms with Crippen LogP contribution in [0.4, 0.5) is 0 Å². The predicted molar refractivity (Wildman–Crippen MR) is 65.3 cm³/mol. The van der Waals surface area contributed by atoms with Crippen LogP contribution >= 0.6 is 11.8 Å². The lowest BCUT2D eigenvalue weighted by molar-refractivity contribution is -0.139. The van der Waals surface area contributed by atoms with Gasteiger partial charge in [-0.3, -0.25) is 4.79 Å². The van der Waals surface area contributed by atoms with Gasteiger partial charge in [0.2, 0.25) is 5.91 Å². The Morgan fingerprint density at radius 3 is 3.24 bits per heavy atom. The van der Waals surface area contributed by atoms with Crippen LogP contribution in [0.1, 0.15) is 12.8 Å². The lowest BCUT2D eigenvalue weighted by Crippen LogP contribution is -2.45. The van der Waals surface area contributed by atoms with Crippen molar-refractivity contribution in [3.8, 4) is 0 Å². The molecule has 2 heterocycles. The summed E-state index contributed by atoms with van der Waals surface area (Å²) < 4.78 is 1.90. The second-order valence-corrected chi connectivity index (χ2v) is 5.14. The molecule has 5 nitrogen and oxygen atoms in total. The number of thioether (sulfide) groups is 1. The molecule has 93 valence electrons. The second kappa shape index (κ2) is 6.07. The first-order valence-corrected chi connectivity index (χ1v) is 6.86. The molecule has 1 saturated heterocycles. The molecule has 1 atom stereocenters. The van der Waals surface area contributed by atoms with E-state index in [9.17, 15) is 9.90 Å². The average molecular weight is 254 g/mol. The monoisotopic (exact) mass is 254 g/mol. The molecule has 0 bridgehead atoms. The molecule has 6 heteroatoms. The van der Waals surface area contributed by atoms with Crippen LogP contribution < -0.4 is 0 Å². The summed E-state index contributed by atoms with van der Waals surface area (Å²) in [6, 6.07) is 0. The number of aliphatic hydroxyl groups is 1. The van der Waals surface area contributed by atoms with Gasteiger partial charge in [-0.2, -0.15) is 11.8 Å². The van der Waals surface area contributed by atoms with Crippen LogP contribution in [0.5, 0.6) is 0 Å². The maximum atomic E-state index is 11.9. The quantitative estimate of drug-likeness (QED) is 0.842. The molecular weight excluding hydrogens is 238 g/mol. The maximum Gasteiger partial charge on any atom is 0.224 e. The van der Waals surface area contributed by atoms with Crippen molar-refractivity contribution >= 4 is 17.7 Å². The number of imidazole rings is 1. The van der Waals surface area contributed by atoms with Crippen molar-refractivity contribution in [2.24, 2.45) is 0 Å². The molecule has 1 amide bonds. The first-order chi connectivity index (χ1) is 8.27. The Bertz CT molecular complexity index is 356. The summed E-state index contributed by atoms with van der Waals surface area (Å²) in [6.45, 7) is 1.42. The largest absolute Gasteiger partial charge is 0.373 e. The van der Waals surface area contributed by atoms with Gasteiger partial charge in [0.05, 0.1) is 6.33 Å². The topological polar surface area (TPSA) is 58.4 Å². The van der Waals surface area contributed by atoms with Crippen molar-refractivity contribution in [2.45, 2.75) is 25.6 Å². The van der Waals surface area contributed by atoms with Gasteiger partial charge in [-0.05, 0) is 6.42 Å². The lowest BCUT2D eigenvalue weighted by atomic mass is 10.2. The fourth-order valence-electron chi connectivity index (χ4n) is 1.81. The molecule has 1 unspecified atom stereocenters. The molecule has 17 heavy (non-hydrogen) atoms. The van der Waals surface area contributed by atoms with Crippen LogP contribution in [0, 0.1) is 6.20 Å². The van der Waals surface area contributed by atoms with Crippen molar-refractivity contribution < 1.29 is 9.90 Å². The third kappa shape index (κ3) is 3.47. The van der Waals surface area contributed by atoms with Crippen molar-refractivity contribution in [1.29, 1.82) is 0 Å². The Kier molecular flexibility index (Phi) is 4.44. The normalized spacial score (nSPS) is 20.5. The van der Waals surface area contributed by atoms with Crippen molar-refractivity contribution in [3.05, 3.63) is 18.7 Å². The van der Waals surface area contributed by atoms with Gasteiger partial charge in [-0.15, -0.1) is 0 Å². The first-order valence-electron chi connectivity index (χ1n) is 5.70. The zero-order valence-electron chi connectivity index (χ0n) is 9.58. The van der Waals surface area contributed by atoms with Crippen LogP contribution in [0.25, 0.3) is 0 Å². The fraction of sp³-hybridized carbons (Fsp3) is 0.636. The molecule has 1 radical (unpaired) electrons. The minimum absolute atomic E-state index is 0.0434. The summed E-state index contributed by atoms with van der Waals surface area (Å²) in [5, 5.41) is 9.69. The SMILES string of the molecule is O=C(CCCn1c[c]nc1)N1CCSCC1O. The van der Waals surface area contributed by atoms with E-state index >= 15 is 0 Å². The van der Waals surface area contributed by atoms with Gasteiger partial charge >= 0.3 is 0 Å². The smallest absolute Gasteiger partial charge is 0.224 e. The lowest BCUT2D eigenvalue weighted by Gasteiger charge is -2.31. The van der Waals surface area contributed by atoms with E-state index in [-0.39, 0.29) is 5.91 Å². The van der Waals surface area contributed by atoms with Gasteiger partial charge in [0.1, 0.15) is 12.4 Å². The summed E-state index contributed by atoms with van der Waals surface area (Å²) in [5.41, 5.74) is 0. The summed E-state index contributed by atoms with van der Waals surface area (Å²) in [6.07, 6.45) is 6.79. The van der Waals surface area contributed by atoms with Gasteiger partial charge in [-0.25, -0.2) is 4.98 Å². The van der Waals surface area contributed by atoms with E-state index in [1.807, 2.05) is 4.57 Å². The maximum absolute atomic E-state index is 11.9. The minimum Gasteiger partial charge on any atom is -0.373 e. The number of aliphatic hydroxyl groups excluding tert-OH is 1. The fourth-order valence-corrected chi connectivity index (χ4v) is 2.69. The van der Waals surface area contributed by atoms with Gasteiger partial charge < -0.3 is 14.6 Å². The number of rotatable bonds is 4. The zero-order valence-corrected chi connectivity index (χ0v) is 10.4. The van der Waals surface area contributed by atoms with Crippen LogP contribution in [0.2, 0.25) is 0 Å². The number of amides is 1. The number of carbonyl (C=O) groups excluding carboxylic acids is 1. The number of nitrogens with zero attached hydrogens (tertiary/aromatic N) is 3. The van der Waals surface area contributed by atoms with E-state index in [2.05, 4.69) is 11.2 Å². The number of hydrogen-bond donors (Lipinski definition) is 1. The van der Waals surface area contributed by atoms with Crippen LogP contribution in [0.15, 0.2) is 12.5 Å². The summed E-state index contributed by atoms with van der Waals surface area (Å²) in [5.74, 6) is 1.59. The van der Waals surface area contributed by atoms with Crippen LogP contribution in [-0.4, -0.2) is 49.7 Å². The summed E-state index contributed by atoms with van der Waals surface area (Å²) in [4.78, 5) is 17.3. The number of aromatic nitrogens is 2. The van der Waals surface area contributed by atoms with Gasteiger partial charge in [0.25, 0.3) is 0 Å². The minimum atomic E-state index is -0.608. The highest BCUT2D eigenvalue weighted by Crippen LogP contribution is 2.15. The molecule has 2 rings (SSSR count). The first kappa shape index (κ1) is 12.4. The summed E-state index contributed by atoms with van der Waals surface area (Å²) in [7, 11) is 0. The Hall–Kier alpha value is -1.01. The molecule has 1 aromatic rings. The molecule has 1 aromatic heterocycles. The van der Waals surface area contributed by atoms with E-state index in [1.165, 1.54) is 0 Å². The zero-order chi connectivity index (χ0) is 12.1. The molecule has 1 aliphatic heterocycles. The van der Waals surface area contributed by atoms with E-state index in [0.29, 0.717) is 18.7 Å². The molecule has 1 aliphatic rings. The predicted octanol–water partition coefficient (Wildman–Crippen LogP) is 0.357. The van der Waals surface area contributed by atoms with Crippen LogP contribution in [-0.2, 0) is 11.3 Å². The highest BCUT2D eigenvalue weighted by atomic mass is 32.2. The molecule has 0 saturated carbocycles. The Morgan fingerprint density at radius 1 is 1.65 bits per heavy atom. The molecule has 0 aromatic carbocycles. The molecule has 1 N–H and O–H groups in total. The molecule has 1 fully saturated rings. The standard InChI is InChI=1S/C11H16N3O2S/c15-10(14-6-7-17-8-11(14)16)2-1-4-13-5-3-12-9-13/h5,9,11,16H,1-2,4,6-8H2. The number of hydrogen-bond acceptors (Lipinski definition) is 4. The van der Waals surface area contributed by atoms with E-state index in [4.69, 9.17) is 0 Å². The van der Waals surface area contributed by atoms with Crippen molar-refractivity contribution in [2.75, 3.05) is 18.1 Å². The number of carbonyl (C=O) groups is 1. The van der Waals surface area contributed by atoms with Gasteiger partial charge in [-0.1, -0.05) is 0 Å². The molecule has 0 aliphatic carbocycles. The van der Waals surface area contributed by atoms with Crippen LogP contribution in [0.3, 0.4) is 0 Å². The molecule has 0 spiro atoms. The third-order valence-corrected chi connectivity index (χ3v) is 3.74. The Morgan fingerprint density at radius 2 is 2.53 bits per heavy atom. The Balaban J connectivity index is 1.73. The second-order valence-electron chi connectivity index (χ2n) is 3.99. The highest BCUT2D eigenvalue weighted by molar-refractivity contribution is 7.99. The Labute approximate surface area is 105 Å². The van der Waals surface area contributed by atoms with Gasteiger partial charge in [0.15, 0.2) is 0 Å². The third-order valence-electron chi connectivity index (χ3n) is 2.73. The number of aryl methyl sites for hydroxylation is 1. The van der Waals surface area contributed by atoms with Crippen molar-refractivity contribution in [3.63, 3.8) is 0 Å². The van der Waals surface area contributed by atoms with Gasteiger partial charge in [0, 0.05) is 37.2 Å². The molecular formula is C11H16N3O2S.